The molecule has 1 aromatic carbocycles. The number of nitrogens with one attached hydrogen (secondary N) is 2. The van der Waals surface area contributed by atoms with Crippen LogP contribution >= 0.6 is 11.3 Å². The fraction of sp³-hybridized carbons (Fsp3) is 0.176. The summed E-state index contributed by atoms with van der Waals surface area (Å²) in [5, 5.41) is 16.5. The second-order valence-electron chi connectivity index (χ2n) is 5.54. The summed E-state index contributed by atoms with van der Waals surface area (Å²) in [6.07, 6.45) is 0. The third-order valence-corrected chi connectivity index (χ3v) is 5.14. The van der Waals surface area contributed by atoms with Crippen molar-refractivity contribution in [2.45, 2.75) is 13.0 Å². The van der Waals surface area contributed by atoms with Gasteiger partial charge in [-0.2, -0.15) is 0 Å². The highest BCUT2D eigenvalue weighted by molar-refractivity contribution is 7.15. The Morgan fingerprint density at radius 2 is 2.00 bits per heavy atom. The number of hydrogen-bond donors (Lipinski definition) is 2. The second-order valence-corrected chi connectivity index (χ2v) is 6.65. The maximum Gasteiger partial charge on any atom is 0.338 e. The van der Waals surface area contributed by atoms with Gasteiger partial charge in [0.1, 0.15) is 0 Å². The summed E-state index contributed by atoms with van der Waals surface area (Å²) in [5.74, 6) is -0.555. The quantitative estimate of drug-likeness (QED) is 0.486. The highest BCUT2D eigenvalue weighted by atomic mass is 32.1. The molecule has 9 heteroatoms. The van der Waals surface area contributed by atoms with Gasteiger partial charge >= 0.3 is 12.0 Å². The Morgan fingerprint density at radius 3 is 2.69 bits per heavy atom. The summed E-state index contributed by atoms with van der Waals surface area (Å²) in [4.78, 5) is 36.1. The number of allylic oxidation sites excluding steroid dienone is 1. The van der Waals surface area contributed by atoms with Gasteiger partial charge in [0, 0.05) is 21.5 Å². The number of rotatable bonds is 4. The number of thiophene rings is 1. The number of para-hydroxylation sites is 1. The van der Waals surface area contributed by atoms with Crippen molar-refractivity contribution in [3.63, 3.8) is 0 Å². The van der Waals surface area contributed by atoms with Crippen LogP contribution < -0.4 is 10.6 Å². The van der Waals surface area contributed by atoms with Crippen LogP contribution in [0.25, 0.3) is 10.4 Å². The molecule has 1 aromatic heterocycles. The molecule has 0 saturated heterocycles. The third-order valence-electron chi connectivity index (χ3n) is 3.95. The molecule has 3 rings (SSSR count). The summed E-state index contributed by atoms with van der Waals surface area (Å²) in [5.41, 5.74) is 1.18. The Balaban J connectivity index is 2.04. The summed E-state index contributed by atoms with van der Waals surface area (Å²) in [7, 11) is 1.27. The van der Waals surface area contributed by atoms with Gasteiger partial charge in [0.2, 0.25) is 0 Å². The molecule has 1 aliphatic heterocycles. The van der Waals surface area contributed by atoms with E-state index in [1.807, 2.05) is 0 Å². The zero-order valence-electron chi connectivity index (χ0n) is 13.9. The van der Waals surface area contributed by atoms with Crippen LogP contribution in [-0.4, -0.2) is 24.0 Å². The molecule has 1 atom stereocenters. The molecule has 1 unspecified atom stereocenters. The number of carbonyl (C=O) groups is 2. The van der Waals surface area contributed by atoms with Gasteiger partial charge in [-0.3, -0.25) is 10.1 Å². The number of nitro benzene ring substituents is 1. The maximum atomic E-state index is 12.1. The molecule has 0 fully saturated rings. The lowest BCUT2D eigenvalue weighted by molar-refractivity contribution is -0.384. The number of hydrogen-bond acceptors (Lipinski definition) is 6. The molecule has 1 aliphatic rings. The molecule has 2 heterocycles. The fourth-order valence-corrected chi connectivity index (χ4v) is 3.89. The number of nitro groups is 1. The van der Waals surface area contributed by atoms with E-state index in [-0.39, 0.29) is 5.69 Å². The van der Waals surface area contributed by atoms with Gasteiger partial charge in [-0.05, 0) is 25.1 Å². The van der Waals surface area contributed by atoms with Crippen LogP contribution in [0, 0.1) is 10.1 Å². The van der Waals surface area contributed by atoms with Gasteiger partial charge in [0.05, 0.1) is 29.2 Å². The van der Waals surface area contributed by atoms with Crippen molar-refractivity contribution in [1.82, 2.24) is 10.6 Å². The average Bonchev–Trinajstić information content (AvgIpc) is 3.10. The van der Waals surface area contributed by atoms with Gasteiger partial charge in [-0.25, -0.2) is 9.59 Å². The van der Waals surface area contributed by atoms with E-state index in [9.17, 15) is 19.7 Å². The van der Waals surface area contributed by atoms with Crippen LogP contribution in [0.2, 0.25) is 0 Å². The molecule has 134 valence electrons. The first-order valence-corrected chi connectivity index (χ1v) is 8.44. The van der Waals surface area contributed by atoms with Crippen molar-refractivity contribution in [2.75, 3.05) is 7.11 Å². The number of urea groups is 1. The van der Waals surface area contributed by atoms with E-state index in [0.717, 1.165) is 0 Å². The molecule has 0 bridgehead atoms. The summed E-state index contributed by atoms with van der Waals surface area (Å²) in [6, 6.07) is 8.78. The standard InChI is InChI=1S/C17H15N3O5S/c1-9-14(16(21)25-2)15(19-17(22)18-9)13-8-7-12(26-13)10-5-3-4-6-11(10)20(23)24/h3-8,15H,1-2H3,(H2,18,19,22). The lowest BCUT2D eigenvalue weighted by atomic mass is 10.0. The van der Waals surface area contributed by atoms with E-state index in [0.29, 0.717) is 26.6 Å². The zero-order chi connectivity index (χ0) is 18.8. The Morgan fingerprint density at radius 1 is 1.27 bits per heavy atom. The Kier molecular flexibility index (Phi) is 4.72. The van der Waals surface area contributed by atoms with Gasteiger partial charge in [-0.15, -0.1) is 11.3 Å². The van der Waals surface area contributed by atoms with Crippen LogP contribution in [0.1, 0.15) is 17.8 Å². The number of esters is 1. The van der Waals surface area contributed by atoms with Crippen molar-refractivity contribution >= 4 is 29.0 Å². The normalized spacial score (nSPS) is 16.7. The van der Waals surface area contributed by atoms with E-state index in [1.54, 1.807) is 37.3 Å². The van der Waals surface area contributed by atoms with E-state index in [2.05, 4.69) is 10.6 Å². The molecule has 26 heavy (non-hydrogen) atoms. The van der Waals surface area contributed by atoms with Crippen molar-refractivity contribution in [1.29, 1.82) is 0 Å². The predicted molar refractivity (Wildman–Crippen MR) is 95.5 cm³/mol. The maximum absolute atomic E-state index is 12.1. The molecular weight excluding hydrogens is 358 g/mol. The van der Waals surface area contributed by atoms with Crippen molar-refractivity contribution < 1.29 is 19.2 Å². The summed E-state index contributed by atoms with van der Waals surface area (Å²) in [6.45, 7) is 1.62. The zero-order valence-corrected chi connectivity index (χ0v) is 14.8. The number of benzene rings is 1. The van der Waals surface area contributed by atoms with Gasteiger partial charge in [0.15, 0.2) is 0 Å². The predicted octanol–water partition coefficient (Wildman–Crippen LogP) is 3.12. The van der Waals surface area contributed by atoms with Crippen LogP contribution in [-0.2, 0) is 9.53 Å². The highest BCUT2D eigenvalue weighted by Crippen LogP contribution is 2.39. The van der Waals surface area contributed by atoms with Gasteiger partial charge in [0.25, 0.3) is 5.69 Å². The van der Waals surface area contributed by atoms with E-state index in [1.165, 1.54) is 24.5 Å². The van der Waals surface area contributed by atoms with Crippen LogP contribution in [0.4, 0.5) is 10.5 Å². The average molecular weight is 373 g/mol. The number of methoxy groups -OCH3 is 1. The lowest BCUT2D eigenvalue weighted by Crippen LogP contribution is -2.45. The van der Waals surface area contributed by atoms with Crippen molar-refractivity contribution in [2.24, 2.45) is 0 Å². The Bertz CT molecular complexity index is 934. The monoisotopic (exact) mass is 373 g/mol. The topological polar surface area (TPSA) is 111 Å². The minimum atomic E-state index is -0.683. The lowest BCUT2D eigenvalue weighted by Gasteiger charge is -2.26. The first-order chi connectivity index (χ1) is 12.4. The largest absolute Gasteiger partial charge is 0.466 e. The Labute approximate surface area is 152 Å². The summed E-state index contributed by atoms with van der Waals surface area (Å²) < 4.78 is 4.82. The van der Waals surface area contributed by atoms with Crippen molar-refractivity contribution in [3.8, 4) is 10.4 Å². The number of ether oxygens (including phenoxy) is 1. The molecule has 8 nitrogen and oxygen atoms in total. The number of nitrogens with zero attached hydrogens (tertiary/aromatic N) is 1. The SMILES string of the molecule is COC(=O)C1=C(C)NC(=O)NC1c1ccc(-c2ccccc2[N+](=O)[O-])s1. The van der Waals surface area contributed by atoms with Gasteiger partial charge in [-0.1, -0.05) is 12.1 Å². The fourth-order valence-electron chi connectivity index (χ4n) is 2.78. The third kappa shape index (κ3) is 3.16. The van der Waals surface area contributed by atoms with Crippen LogP contribution in [0.15, 0.2) is 47.7 Å². The summed E-state index contributed by atoms with van der Waals surface area (Å²) >= 11 is 1.27. The Hall–Kier alpha value is -3.20. The molecule has 2 amide bonds. The molecule has 0 radical (unpaired) electrons. The first-order valence-electron chi connectivity index (χ1n) is 7.62. The minimum absolute atomic E-state index is 0.00448. The van der Waals surface area contributed by atoms with Gasteiger partial charge < -0.3 is 15.4 Å². The molecule has 0 saturated carbocycles. The molecule has 2 N–H and O–H groups in total. The number of amides is 2. The van der Waals surface area contributed by atoms with Crippen molar-refractivity contribution in [3.05, 3.63) is 62.7 Å². The van der Waals surface area contributed by atoms with Crippen LogP contribution in [0.3, 0.4) is 0 Å². The van der Waals surface area contributed by atoms with E-state index >= 15 is 0 Å². The first kappa shape index (κ1) is 17.6. The van der Waals surface area contributed by atoms with E-state index < -0.39 is 23.0 Å². The highest BCUT2D eigenvalue weighted by Gasteiger charge is 2.33. The second kappa shape index (κ2) is 6.96. The molecule has 0 aliphatic carbocycles. The minimum Gasteiger partial charge on any atom is -0.466 e. The smallest absolute Gasteiger partial charge is 0.338 e. The molecular formula is C17H15N3O5S. The molecule has 0 spiro atoms. The van der Waals surface area contributed by atoms with Crippen LogP contribution in [0.5, 0.6) is 0 Å². The molecule has 2 aromatic rings. The van der Waals surface area contributed by atoms with E-state index in [4.69, 9.17) is 4.74 Å². The number of carbonyl (C=O) groups excluding carboxylic acids is 2.